The largest absolute Gasteiger partial charge is 0.481 e. The molecule has 0 aromatic rings. The highest BCUT2D eigenvalue weighted by molar-refractivity contribution is 5.78. The van der Waals surface area contributed by atoms with E-state index in [4.69, 9.17) is 9.84 Å². The number of carbonyl (C=O) groups excluding carboxylic acids is 1. The Labute approximate surface area is 112 Å². The lowest BCUT2D eigenvalue weighted by Gasteiger charge is -2.29. The van der Waals surface area contributed by atoms with Gasteiger partial charge >= 0.3 is 5.97 Å². The van der Waals surface area contributed by atoms with Crippen molar-refractivity contribution in [2.75, 3.05) is 59.0 Å². The van der Waals surface area contributed by atoms with Crippen LogP contribution in [0.3, 0.4) is 0 Å². The molecule has 2 N–H and O–H groups in total. The van der Waals surface area contributed by atoms with Crippen molar-refractivity contribution in [2.45, 2.75) is 0 Å². The normalized spacial score (nSPS) is 25.9. The fourth-order valence-corrected chi connectivity index (χ4v) is 2.39. The van der Waals surface area contributed by atoms with Gasteiger partial charge in [-0.2, -0.15) is 0 Å². The third-order valence-electron chi connectivity index (χ3n) is 3.55. The first-order valence-electron chi connectivity index (χ1n) is 6.68. The molecule has 7 nitrogen and oxygen atoms in total. The predicted molar refractivity (Wildman–Crippen MR) is 67.8 cm³/mol. The van der Waals surface area contributed by atoms with Gasteiger partial charge in [0.05, 0.1) is 25.7 Å². The Balaban J connectivity index is 1.85. The van der Waals surface area contributed by atoms with Gasteiger partial charge in [0.25, 0.3) is 0 Å². The van der Waals surface area contributed by atoms with E-state index in [-0.39, 0.29) is 5.91 Å². The highest BCUT2D eigenvalue weighted by Crippen LogP contribution is 2.06. The molecule has 2 saturated heterocycles. The van der Waals surface area contributed by atoms with Gasteiger partial charge in [0, 0.05) is 39.3 Å². The second-order valence-electron chi connectivity index (χ2n) is 4.97. The molecule has 0 aliphatic carbocycles. The number of nitrogens with one attached hydrogen (secondary N) is 1. The van der Waals surface area contributed by atoms with Gasteiger partial charge in [-0.1, -0.05) is 0 Å². The Morgan fingerprint density at radius 1 is 1.26 bits per heavy atom. The van der Waals surface area contributed by atoms with Crippen LogP contribution in [0.4, 0.5) is 0 Å². The Hall–Kier alpha value is -1.18. The molecule has 2 aliphatic heterocycles. The molecule has 2 rings (SSSR count). The Morgan fingerprint density at radius 2 is 2.00 bits per heavy atom. The molecule has 19 heavy (non-hydrogen) atoms. The number of carbonyl (C=O) groups is 2. The van der Waals surface area contributed by atoms with Crippen LogP contribution in [0, 0.1) is 5.92 Å². The molecule has 0 aromatic carbocycles. The van der Waals surface area contributed by atoms with Gasteiger partial charge < -0.3 is 20.1 Å². The Bertz CT molecular complexity index is 331. The van der Waals surface area contributed by atoms with Gasteiger partial charge in [-0.15, -0.1) is 0 Å². The first-order chi connectivity index (χ1) is 9.16. The van der Waals surface area contributed by atoms with Gasteiger partial charge in [0.2, 0.25) is 5.91 Å². The standard InChI is InChI=1S/C12H21N3O4/c16-11(15-3-5-19-6-4-15)9-14-2-1-13-7-10(8-14)12(17)18/h10,13H,1-9H2,(H,17,18). The van der Waals surface area contributed by atoms with E-state index in [0.29, 0.717) is 52.5 Å². The fourth-order valence-electron chi connectivity index (χ4n) is 2.39. The van der Waals surface area contributed by atoms with Crippen LogP contribution in [-0.4, -0.2) is 85.8 Å². The van der Waals surface area contributed by atoms with E-state index < -0.39 is 11.9 Å². The molecule has 2 aliphatic rings. The van der Waals surface area contributed by atoms with Gasteiger partial charge in [-0.3, -0.25) is 14.5 Å². The number of nitrogens with zero attached hydrogens (tertiary/aromatic N) is 2. The van der Waals surface area contributed by atoms with Gasteiger partial charge in [-0.25, -0.2) is 0 Å². The second kappa shape index (κ2) is 6.83. The maximum absolute atomic E-state index is 12.1. The summed E-state index contributed by atoms with van der Waals surface area (Å²) in [6.07, 6.45) is 0. The van der Waals surface area contributed by atoms with Crippen LogP contribution in [-0.2, 0) is 14.3 Å². The van der Waals surface area contributed by atoms with Gasteiger partial charge in [0.15, 0.2) is 0 Å². The summed E-state index contributed by atoms with van der Waals surface area (Å²) in [6, 6.07) is 0. The summed E-state index contributed by atoms with van der Waals surface area (Å²) >= 11 is 0. The molecule has 7 heteroatoms. The predicted octanol–water partition coefficient (Wildman–Crippen LogP) is -1.55. The lowest BCUT2D eigenvalue weighted by atomic mass is 10.1. The second-order valence-corrected chi connectivity index (χ2v) is 4.97. The van der Waals surface area contributed by atoms with E-state index in [1.54, 1.807) is 4.90 Å². The molecular formula is C12H21N3O4. The summed E-state index contributed by atoms with van der Waals surface area (Å²) in [5.74, 6) is -1.19. The van der Waals surface area contributed by atoms with Crippen molar-refractivity contribution in [3.05, 3.63) is 0 Å². The number of carboxylic acids is 1. The first-order valence-corrected chi connectivity index (χ1v) is 6.68. The van der Waals surface area contributed by atoms with E-state index in [1.807, 2.05) is 4.90 Å². The number of aliphatic carboxylic acids is 1. The van der Waals surface area contributed by atoms with Crippen molar-refractivity contribution in [2.24, 2.45) is 5.92 Å². The molecule has 0 radical (unpaired) electrons. The summed E-state index contributed by atoms with van der Waals surface area (Å²) < 4.78 is 5.21. The van der Waals surface area contributed by atoms with Crippen LogP contribution in [0.15, 0.2) is 0 Å². The Morgan fingerprint density at radius 3 is 2.68 bits per heavy atom. The quantitative estimate of drug-likeness (QED) is 0.647. The molecule has 108 valence electrons. The highest BCUT2D eigenvalue weighted by Gasteiger charge is 2.26. The van der Waals surface area contributed by atoms with E-state index in [9.17, 15) is 9.59 Å². The Kier molecular flexibility index (Phi) is 5.12. The molecule has 2 fully saturated rings. The molecule has 0 spiro atoms. The van der Waals surface area contributed by atoms with Crippen LogP contribution in [0.1, 0.15) is 0 Å². The minimum absolute atomic E-state index is 0.0642. The van der Waals surface area contributed by atoms with Crippen molar-refractivity contribution in [3.63, 3.8) is 0 Å². The third-order valence-corrected chi connectivity index (χ3v) is 3.55. The molecule has 1 unspecified atom stereocenters. The molecule has 1 amide bonds. The third kappa shape index (κ3) is 4.15. The number of morpholine rings is 1. The smallest absolute Gasteiger partial charge is 0.309 e. The maximum Gasteiger partial charge on any atom is 0.309 e. The number of ether oxygens (including phenoxy) is 1. The van der Waals surface area contributed by atoms with Crippen molar-refractivity contribution in [1.82, 2.24) is 15.1 Å². The lowest BCUT2D eigenvalue weighted by molar-refractivity contribution is -0.143. The van der Waals surface area contributed by atoms with E-state index in [2.05, 4.69) is 5.32 Å². The van der Waals surface area contributed by atoms with E-state index in [0.717, 1.165) is 6.54 Å². The number of carboxylic acid groups (broad SMARTS) is 1. The van der Waals surface area contributed by atoms with Crippen LogP contribution in [0.2, 0.25) is 0 Å². The maximum atomic E-state index is 12.1. The van der Waals surface area contributed by atoms with Crippen LogP contribution in [0.5, 0.6) is 0 Å². The van der Waals surface area contributed by atoms with Crippen LogP contribution in [0.25, 0.3) is 0 Å². The summed E-state index contributed by atoms with van der Waals surface area (Å²) in [5.41, 5.74) is 0. The minimum Gasteiger partial charge on any atom is -0.481 e. The number of hydrogen-bond acceptors (Lipinski definition) is 5. The molecule has 0 saturated carbocycles. The van der Waals surface area contributed by atoms with Crippen molar-refractivity contribution in [1.29, 1.82) is 0 Å². The number of rotatable bonds is 3. The zero-order valence-corrected chi connectivity index (χ0v) is 11.0. The SMILES string of the molecule is O=C(O)C1CNCCN(CC(=O)N2CCOCC2)C1. The molecule has 2 heterocycles. The summed E-state index contributed by atoms with van der Waals surface area (Å²) in [6.45, 7) is 5.07. The number of hydrogen-bond donors (Lipinski definition) is 2. The van der Waals surface area contributed by atoms with Crippen molar-refractivity contribution in [3.8, 4) is 0 Å². The summed E-state index contributed by atoms with van der Waals surface area (Å²) in [7, 11) is 0. The zero-order chi connectivity index (χ0) is 13.7. The minimum atomic E-state index is -0.807. The lowest BCUT2D eigenvalue weighted by Crippen LogP contribution is -2.47. The van der Waals surface area contributed by atoms with Crippen molar-refractivity contribution < 1.29 is 19.4 Å². The van der Waals surface area contributed by atoms with Crippen LogP contribution < -0.4 is 5.32 Å². The molecular weight excluding hydrogens is 250 g/mol. The van der Waals surface area contributed by atoms with E-state index >= 15 is 0 Å². The highest BCUT2D eigenvalue weighted by atomic mass is 16.5. The monoisotopic (exact) mass is 271 g/mol. The van der Waals surface area contributed by atoms with Crippen molar-refractivity contribution >= 4 is 11.9 Å². The molecule has 0 aromatic heterocycles. The fraction of sp³-hybridized carbons (Fsp3) is 0.833. The van der Waals surface area contributed by atoms with Gasteiger partial charge in [0.1, 0.15) is 0 Å². The average molecular weight is 271 g/mol. The summed E-state index contributed by atoms with van der Waals surface area (Å²) in [4.78, 5) is 26.9. The van der Waals surface area contributed by atoms with E-state index in [1.165, 1.54) is 0 Å². The first kappa shape index (κ1) is 14.2. The topological polar surface area (TPSA) is 82.1 Å². The summed E-state index contributed by atoms with van der Waals surface area (Å²) in [5, 5.41) is 12.2. The molecule has 1 atom stereocenters. The zero-order valence-electron chi connectivity index (χ0n) is 11.0. The average Bonchev–Trinajstić information content (AvgIpc) is 2.65. The van der Waals surface area contributed by atoms with Gasteiger partial charge in [-0.05, 0) is 0 Å². The molecule has 0 bridgehead atoms. The number of amides is 1. The van der Waals surface area contributed by atoms with Crippen LogP contribution >= 0.6 is 0 Å².